The van der Waals surface area contributed by atoms with Crippen molar-refractivity contribution in [2.75, 3.05) is 6.54 Å². The van der Waals surface area contributed by atoms with Gasteiger partial charge in [0.2, 0.25) is 0 Å². The Bertz CT molecular complexity index is 716. The van der Waals surface area contributed by atoms with Gasteiger partial charge in [0.25, 0.3) is 0 Å². The number of aryl methyl sites for hydroxylation is 2. The molecule has 0 unspecified atom stereocenters. The van der Waals surface area contributed by atoms with Crippen LogP contribution in [0, 0.1) is 0 Å². The van der Waals surface area contributed by atoms with Crippen LogP contribution < -0.4 is 5.73 Å². The van der Waals surface area contributed by atoms with E-state index >= 15 is 0 Å². The van der Waals surface area contributed by atoms with Gasteiger partial charge in [-0.2, -0.15) is 0 Å². The monoisotopic (exact) mass is 266 g/mol. The maximum Gasteiger partial charge on any atom is 0.159 e. The zero-order valence-corrected chi connectivity index (χ0v) is 11.6. The van der Waals surface area contributed by atoms with Gasteiger partial charge >= 0.3 is 0 Å². The Morgan fingerprint density at radius 3 is 2.85 bits per heavy atom. The quantitative estimate of drug-likeness (QED) is 0.789. The standard InChI is InChI=1S/C16H18N4/c1-20-15-11-12(5-4-9-17)7-8-13(15)19-16(20)14-6-2-3-10-18-14/h2-3,6-8,10-11H,4-5,9,17H2,1H3. The van der Waals surface area contributed by atoms with Crippen molar-refractivity contribution in [1.82, 2.24) is 14.5 Å². The normalized spacial score (nSPS) is 11.1. The van der Waals surface area contributed by atoms with Gasteiger partial charge < -0.3 is 10.3 Å². The molecule has 0 bridgehead atoms. The Morgan fingerprint density at radius 1 is 1.20 bits per heavy atom. The molecule has 3 aromatic rings. The summed E-state index contributed by atoms with van der Waals surface area (Å²) >= 11 is 0. The summed E-state index contributed by atoms with van der Waals surface area (Å²) in [7, 11) is 2.03. The lowest BCUT2D eigenvalue weighted by Gasteiger charge is -2.03. The van der Waals surface area contributed by atoms with E-state index in [4.69, 9.17) is 5.73 Å². The molecule has 0 saturated heterocycles. The number of nitrogens with two attached hydrogens (primary N) is 1. The van der Waals surface area contributed by atoms with Crippen LogP contribution in [-0.4, -0.2) is 21.1 Å². The van der Waals surface area contributed by atoms with E-state index in [9.17, 15) is 0 Å². The minimum Gasteiger partial charge on any atom is -0.330 e. The second kappa shape index (κ2) is 5.43. The summed E-state index contributed by atoms with van der Waals surface area (Å²) in [6, 6.07) is 12.3. The van der Waals surface area contributed by atoms with Crippen molar-refractivity contribution in [2.24, 2.45) is 12.8 Å². The predicted molar refractivity (Wildman–Crippen MR) is 81.3 cm³/mol. The van der Waals surface area contributed by atoms with Crippen molar-refractivity contribution < 1.29 is 0 Å². The average Bonchev–Trinajstić information content (AvgIpc) is 2.83. The third kappa shape index (κ3) is 2.30. The van der Waals surface area contributed by atoms with Gasteiger partial charge in [-0.25, -0.2) is 4.98 Å². The van der Waals surface area contributed by atoms with Gasteiger partial charge in [0.05, 0.1) is 11.0 Å². The Morgan fingerprint density at radius 2 is 2.10 bits per heavy atom. The van der Waals surface area contributed by atoms with E-state index in [0.29, 0.717) is 0 Å². The highest BCUT2D eigenvalue weighted by molar-refractivity contribution is 5.80. The van der Waals surface area contributed by atoms with Gasteiger partial charge in [-0.15, -0.1) is 0 Å². The molecule has 20 heavy (non-hydrogen) atoms. The molecule has 2 heterocycles. The van der Waals surface area contributed by atoms with Gasteiger partial charge in [-0.3, -0.25) is 4.98 Å². The maximum absolute atomic E-state index is 5.57. The van der Waals surface area contributed by atoms with E-state index in [1.54, 1.807) is 6.20 Å². The van der Waals surface area contributed by atoms with Crippen molar-refractivity contribution in [1.29, 1.82) is 0 Å². The zero-order valence-electron chi connectivity index (χ0n) is 11.6. The van der Waals surface area contributed by atoms with E-state index < -0.39 is 0 Å². The molecule has 4 nitrogen and oxygen atoms in total. The van der Waals surface area contributed by atoms with Crippen LogP contribution in [0.1, 0.15) is 12.0 Å². The molecule has 3 rings (SSSR count). The largest absolute Gasteiger partial charge is 0.330 e. The molecule has 0 amide bonds. The third-order valence-corrected chi connectivity index (χ3v) is 3.51. The van der Waals surface area contributed by atoms with Crippen LogP contribution in [0.25, 0.3) is 22.6 Å². The Balaban J connectivity index is 2.06. The first-order valence-corrected chi connectivity index (χ1v) is 6.86. The molecule has 0 aliphatic rings. The number of benzene rings is 1. The molecule has 0 saturated carbocycles. The SMILES string of the molecule is Cn1c(-c2ccccn2)nc2ccc(CCCN)cc21. The maximum atomic E-state index is 5.57. The van der Waals surface area contributed by atoms with Gasteiger partial charge in [0.15, 0.2) is 5.82 Å². The fraction of sp³-hybridized carbons (Fsp3) is 0.250. The number of pyridine rings is 1. The van der Waals surface area contributed by atoms with Gasteiger partial charge in [0.1, 0.15) is 5.69 Å². The number of nitrogens with zero attached hydrogens (tertiary/aromatic N) is 3. The van der Waals surface area contributed by atoms with Crippen LogP contribution in [0.5, 0.6) is 0 Å². The smallest absolute Gasteiger partial charge is 0.159 e. The summed E-state index contributed by atoms with van der Waals surface area (Å²) in [5, 5.41) is 0. The van der Waals surface area contributed by atoms with E-state index in [2.05, 4.69) is 32.7 Å². The molecule has 2 N–H and O–H groups in total. The minimum absolute atomic E-state index is 0.725. The number of imidazole rings is 1. The summed E-state index contributed by atoms with van der Waals surface area (Å²) in [6.07, 6.45) is 3.81. The average molecular weight is 266 g/mol. The van der Waals surface area contributed by atoms with Gasteiger partial charge in [-0.1, -0.05) is 12.1 Å². The molecule has 2 aromatic heterocycles. The Hall–Kier alpha value is -2.20. The second-order valence-corrected chi connectivity index (χ2v) is 4.92. The second-order valence-electron chi connectivity index (χ2n) is 4.92. The summed E-state index contributed by atoms with van der Waals surface area (Å²) in [4.78, 5) is 9.06. The van der Waals surface area contributed by atoms with Crippen LogP contribution >= 0.6 is 0 Å². The highest BCUT2D eigenvalue weighted by Gasteiger charge is 2.10. The summed E-state index contributed by atoms with van der Waals surface area (Å²) in [5.41, 5.74) is 9.92. The van der Waals surface area contributed by atoms with E-state index in [1.165, 1.54) is 5.56 Å². The van der Waals surface area contributed by atoms with Crippen LogP contribution in [0.4, 0.5) is 0 Å². The van der Waals surface area contributed by atoms with Crippen molar-refractivity contribution in [3.63, 3.8) is 0 Å². The zero-order chi connectivity index (χ0) is 13.9. The molecule has 0 fully saturated rings. The molecule has 1 aromatic carbocycles. The van der Waals surface area contributed by atoms with Gasteiger partial charge in [0, 0.05) is 13.2 Å². The molecule has 4 heteroatoms. The van der Waals surface area contributed by atoms with E-state index in [0.717, 1.165) is 41.9 Å². The lowest BCUT2D eigenvalue weighted by molar-refractivity contribution is 0.832. The molecule has 0 radical (unpaired) electrons. The van der Waals surface area contributed by atoms with E-state index in [1.807, 2.05) is 25.2 Å². The third-order valence-electron chi connectivity index (χ3n) is 3.51. The first kappa shape index (κ1) is 12.8. The first-order chi connectivity index (χ1) is 9.79. The molecular weight excluding hydrogens is 248 g/mol. The van der Waals surface area contributed by atoms with Crippen LogP contribution in [0.15, 0.2) is 42.6 Å². The first-order valence-electron chi connectivity index (χ1n) is 6.86. The summed E-state index contributed by atoms with van der Waals surface area (Å²) in [6.45, 7) is 0.725. The summed E-state index contributed by atoms with van der Waals surface area (Å²) < 4.78 is 2.10. The van der Waals surface area contributed by atoms with E-state index in [-0.39, 0.29) is 0 Å². The fourth-order valence-electron chi connectivity index (χ4n) is 2.42. The molecule has 0 spiro atoms. The molecule has 0 aliphatic heterocycles. The molecule has 0 aliphatic carbocycles. The van der Waals surface area contributed by atoms with Crippen molar-refractivity contribution in [3.05, 3.63) is 48.2 Å². The number of hydrogen-bond donors (Lipinski definition) is 1. The fourth-order valence-corrected chi connectivity index (χ4v) is 2.42. The lowest BCUT2D eigenvalue weighted by Crippen LogP contribution is -2.00. The number of aromatic nitrogens is 3. The summed E-state index contributed by atoms with van der Waals surface area (Å²) in [5.74, 6) is 0.900. The molecule has 0 atom stereocenters. The molecule has 102 valence electrons. The lowest BCUT2D eigenvalue weighted by atomic mass is 10.1. The highest BCUT2D eigenvalue weighted by Crippen LogP contribution is 2.23. The van der Waals surface area contributed by atoms with Crippen LogP contribution in [0.2, 0.25) is 0 Å². The van der Waals surface area contributed by atoms with Gasteiger partial charge in [-0.05, 0) is 49.2 Å². The van der Waals surface area contributed by atoms with Crippen molar-refractivity contribution in [2.45, 2.75) is 12.8 Å². The Labute approximate surface area is 118 Å². The topological polar surface area (TPSA) is 56.7 Å². The predicted octanol–water partition coefficient (Wildman–Crippen LogP) is 2.53. The highest BCUT2D eigenvalue weighted by atomic mass is 15.1. The molecular formula is C16H18N4. The van der Waals surface area contributed by atoms with Crippen molar-refractivity contribution >= 4 is 11.0 Å². The van der Waals surface area contributed by atoms with Crippen LogP contribution in [0.3, 0.4) is 0 Å². The number of rotatable bonds is 4. The Kier molecular flexibility index (Phi) is 3.48. The van der Waals surface area contributed by atoms with Crippen LogP contribution in [-0.2, 0) is 13.5 Å². The van der Waals surface area contributed by atoms with Crippen molar-refractivity contribution in [3.8, 4) is 11.5 Å². The number of hydrogen-bond acceptors (Lipinski definition) is 3. The number of fused-ring (bicyclic) bond motifs is 1. The minimum atomic E-state index is 0.725.